The Bertz CT molecular complexity index is 216. The van der Waals surface area contributed by atoms with Gasteiger partial charge in [0.2, 0.25) is 0 Å². The molecular weight excluding hydrogens is 218 g/mol. The molecule has 0 unspecified atom stereocenters. The Morgan fingerprint density at radius 2 is 2.00 bits per heavy atom. The average Bonchev–Trinajstić information content (AvgIpc) is 2.37. The van der Waals surface area contributed by atoms with E-state index in [4.69, 9.17) is 4.74 Å². The van der Waals surface area contributed by atoms with Gasteiger partial charge in [0.1, 0.15) is 0 Å². The molecule has 1 saturated heterocycles. The molecule has 0 aliphatic carbocycles. The number of hydrogen-bond donors (Lipinski definition) is 1. The second kappa shape index (κ2) is 8.31. The SMILES string of the molecule is CCCCN1CCN(C(=O)NCCOC)CC1. The van der Waals surface area contributed by atoms with E-state index in [1.807, 2.05) is 4.90 Å². The average molecular weight is 243 g/mol. The third-order valence-electron chi connectivity index (χ3n) is 3.07. The molecule has 2 amide bonds. The van der Waals surface area contributed by atoms with Crippen LogP contribution in [0.15, 0.2) is 0 Å². The standard InChI is InChI=1S/C12H25N3O2/c1-3-4-6-14-7-9-15(10-8-14)12(16)13-5-11-17-2/h3-11H2,1-2H3,(H,13,16). The Morgan fingerprint density at radius 1 is 1.29 bits per heavy atom. The molecule has 17 heavy (non-hydrogen) atoms. The molecule has 100 valence electrons. The van der Waals surface area contributed by atoms with Gasteiger partial charge in [-0.05, 0) is 13.0 Å². The third-order valence-corrected chi connectivity index (χ3v) is 3.07. The molecule has 0 radical (unpaired) electrons. The molecule has 0 atom stereocenters. The lowest BCUT2D eigenvalue weighted by molar-refractivity contribution is 0.135. The van der Waals surface area contributed by atoms with Crippen molar-refractivity contribution in [3.8, 4) is 0 Å². The lowest BCUT2D eigenvalue weighted by Gasteiger charge is -2.34. The fourth-order valence-electron chi connectivity index (χ4n) is 1.93. The van der Waals surface area contributed by atoms with Crippen molar-refractivity contribution >= 4 is 6.03 Å². The van der Waals surface area contributed by atoms with Crippen LogP contribution >= 0.6 is 0 Å². The zero-order valence-corrected chi connectivity index (χ0v) is 11.1. The molecule has 5 nitrogen and oxygen atoms in total. The molecule has 1 N–H and O–H groups in total. The summed E-state index contributed by atoms with van der Waals surface area (Å²) in [5.74, 6) is 0. The van der Waals surface area contributed by atoms with Crippen molar-refractivity contribution in [1.29, 1.82) is 0 Å². The maximum Gasteiger partial charge on any atom is 0.317 e. The van der Waals surface area contributed by atoms with Crippen molar-refractivity contribution in [3.05, 3.63) is 0 Å². The van der Waals surface area contributed by atoms with Crippen LogP contribution in [0.2, 0.25) is 0 Å². The molecule has 0 saturated carbocycles. The van der Waals surface area contributed by atoms with E-state index in [0.717, 1.165) is 32.7 Å². The van der Waals surface area contributed by atoms with E-state index in [-0.39, 0.29) is 6.03 Å². The minimum Gasteiger partial charge on any atom is -0.383 e. The second-order valence-electron chi connectivity index (χ2n) is 4.41. The van der Waals surface area contributed by atoms with Crippen LogP contribution in [-0.4, -0.2) is 68.8 Å². The summed E-state index contributed by atoms with van der Waals surface area (Å²) in [6, 6.07) is 0.0391. The van der Waals surface area contributed by atoms with Gasteiger partial charge >= 0.3 is 6.03 Å². The molecule has 0 aromatic rings. The van der Waals surface area contributed by atoms with Crippen molar-refractivity contribution in [2.45, 2.75) is 19.8 Å². The number of urea groups is 1. The first-order chi connectivity index (χ1) is 8.27. The highest BCUT2D eigenvalue weighted by Gasteiger charge is 2.19. The van der Waals surface area contributed by atoms with Gasteiger partial charge in [0.25, 0.3) is 0 Å². The summed E-state index contributed by atoms with van der Waals surface area (Å²) in [6.45, 7) is 8.20. The number of nitrogens with one attached hydrogen (secondary N) is 1. The quantitative estimate of drug-likeness (QED) is 0.701. The summed E-state index contributed by atoms with van der Waals surface area (Å²) in [6.07, 6.45) is 2.48. The maximum absolute atomic E-state index is 11.7. The van der Waals surface area contributed by atoms with E-state index in [9.17, 15) is 4.79 Å². The van der Waals surface area contributed by atoms with Gasteiger partial charge in [0, 0.05) is 39.8 Å². The molecule has 1 fully saturated rings. The topological polar surface area (TPSA) is 44.8 Å². The lowest BCUT2D eigenvalue weighted by Crippen LogP contribution is -2.52. The Balaban J connectivity index is 2.15. The van der Waals surface area contributed by atoms with Crippen LogP contribution in [-0.2, 0) is 4.74 Å². The molecule has 1 heterocycles. The fourth-order valence-corrected chi connectivity index (χ4v) is 1.93. The van der Waals surface area contributed by atoms with Gasteiger partial charge in [-0.2, -0.15) is 0 Å². The van der Waals surface area contributed by atoms with Crippen molar-refractivity contribution in [2.75, 3.05) is 53.0 Å². The molecule has 0 spiro atoms. The fraction of sp³-hybridized carbons (Fsp3) is 0.917. The second-order valence-corrected chi connectivity index (χ2v) is 4.41. The number of methoxy groups -OCH3 is 1. The van der Waals surface area contributed by atoms with Crippen molar-refractivity contribution in [1.82, 2.24) is 15.1 Å². The highest BCUT2D eigenvalue weighted by Crippen LogP contribution is 2.03. The van der Waals surface area contributed by atoms with Crippen molar-refractivity contribution in [3.63, 3.8) is 0 Å². The number of carbonyl (C=O) groups excluding carboxylic acids is 1. The Hall–Kier alpha value is -0.810. The highest BCUT2D eigenvalue weighted by molar-refractivity contribution is 5.74. The van der Waals surface area contributed by atoms with E-state index in [1.54, 1.807) is 7.11 Å². The number of hydrogen-bond acceptors (Lipinski definition) is 3. The molecule has 5 heteroatoms. The number of piperazine rings is 1. The Morgan fingerprint density at radius 3 is 2.59 bits per heavy atom. The Kier molecular flexibility index (Phi) is 6.96. The minimum absolute atomic E-state index is 0.0391. The summed E-state index contributed by atoms with van der Waals surface area (Å²) in [5.41, 5.74) is 0. The van der Waals surface area contributed by atoms with E-state index in [2.05, 4.69) is 17.1 Å². The van der Waals surface area contributed by atoms with Gasteiger partial charge in [0.15, 0.2) is 0 Å². The summed E-state index contributed by atoms with van der Waals surface area (Å²) >= 11 is 0. The zero-order valence-electron chi connectivity index (χ0n) is 11.1. The van der Waals surface area contributed by atoms with Crippen LogP contribution < -0.4 is 5.32 Å². The number of nitrogens with zero attached hydrogens (tertiary/aromatic N) is 2. The van der Waals surface area contributed by atoms with Crippen LogP contribution in [0.3, 0.4) is 0 Å². The summed E-state index contributed by atoms with van der Waals surface area (Å²) < 4.78 is 4.90. The minimum atomic E-state index is 0.0391. The van der Waals surface area contributed by atoms with Crippen LogP contribution in [0.1, 0.15) is 19.8 Å². The molecule has 1 aliphatic heterocycles. The van der Waals surface area contributed by atoms with E-state index in [1.165, 1.54) is 12.8 Å². The van der Waals surface area contributed by atoms with Crippen LogP contribution in [0.4, 0.5) is 4.79 Å². The van der Waals surface area contributed by atoms with E-state index >= 15 is 0 Å². The maximum atomic E-state index is 11.7. The first-order valence-corrected chi connectivity index (χ1v) is 6.52. The smallest absolute Gasteiger partial charge is 0.317 e. The number of amides is 2. The van der Waals surface area contributed by atoms with E-state index in [0.29, 0.717) is 13.2 Å². The molecule has 0 bridgehead atoms. The molecule has 0 aromatic carbocycles. The van der Waals surface area contributed by atoms with Gasteiger partial charge in [-0.25, -0.2) is 4.79 Å². The molecule has 0 aromatic heterocycles. The van der Waals surface area contributed by atoms with Gasteiger partial charge < -0.3 is 15.0 Å². The van der Waals surface area contributed by atoms with Crippen LogP contribution in [0.25, 0.3) is 0 Å². The lowest BCUT2D eigenvalue weighted by atomic mass is 10.2. The first kappa shape index (κ1) is 14.3. The van der Waals surface area contributed by atoms with Gasteiger partial charge in [-0.1, -0.05) is 13.3 Å². The third kappa shape index (κ3) is 5.37. The zero-order chi connectivity index (χ0) is 12.5. The molecule has 1 aliphatic rings. The monoisotopic (exact) mass is 243 g/mol. The predicted octanol–water partition coefficient (Wildman–Crippen LogP) is 0.760. The molecule has 1 rings (SSSR count). The number of unbranched alkanes of at least 4 members (excludes halogenated alkanes) is 1. The largest absolute Gasteiger partial charge is 0.383 e. The molecular formula is C12H25N3O2. The van der Waals surface area contributed by atoms with Gasteiger partial charge in [-0.15, -0.1) is 0 Å². The number of carbonyl (C=O) groups is 1. The normalized spacial score (nSPS) is 17.2. The van der Waals surface area contributed by atoms with Crippen molar-refractivity contribution in [2.24, 2.45) is 0 Å². The summed E-state index contributed by atoms with van der Waals surface area (Å²) in [4.78, 5) is 16.1. The summed E-state index contributed by atoms with van der Waals surface area (Å²) in [5, 5.41) is 2.85. The first-order valence-electron chi connectivity index (χ1n) is 6.52. The van der Waals surface area contributed by atoms with Gasteiger partial charge in [0.05, 0.1) is 6.61 Å². The van der Waals surface area contributed by atoms with Gasteiger partial charge in [-0.3, -0.25) is 4.90 Å². The van der Waals surface area contributed by atoms with E-state index < -0.39 is 0 Å². The number of rotatable bonds is 6. The van der Waals surface area contributed by atoms with Crippen LogP contribution in [0, 0.1) is 0 Å². The number of ether oxygens (including phenoxy) is 1. The van der Waals surface area contributed by atoms with Crippen LogP contribution in [0.5, 0.6) is 0 Å². The predicted molar refractivity (Wildman–Crippen MR) is 68.2 cm³/mol. The highest BCUT2D eigenvalue weighted by atomic mass is 16.5. The Labute approximate surface area is 104 Å². The summed E-state index contributed by atoms with van der Waals surface area (Å²) in [7, 11) is 1.64. The van der Waals surface area contributed by atoms with Crippen molar-refractivity contribution < 1.29 is 9.53 Å².